The molecule has 6 nitrogen and oxygen atoms in total. The summed E-state index contributed by atoms with van der Waals surface area (Å²) in [6.07, 6.45) is 4.43. The van der Waals surface area contributed by atoms with Crippen molar-refractivity contribution in [3.8, 4) is 6.07 Å². The minimum absolute atomic E-state index is 0.497. The van der Waals surface area contributed by atoms with E-state index in [1.807, 2.05) is 16.9 Å². The van der Waals surface area contributed by atoms with Crippen LogP contribution < -0.4 is 5.32 Å². The van der Waals surface area contributed by atoms with Crippen LogP contribution >= 0.6 is 0 Å². The molecule has 0 saturated carbocycles. The van der Waals surface area contributed by atoms with Gasteiger partial charge in [0, 0.05) is 38.7 Å². The molecule has 0 saturated heterocycles. The third-order valence-corrected chi connectivity index (χ3v) is 2.55. The lowest BCUT2D eigenvalue weighted by Crippen LogP contribution is -2.03. The molecule has 0 aliphatic rings. The summed E-state index contributed by atoms with van der Waals surface area (Å²) in [6, 6.07) is 7.38. The quantitative estimate of drug-likeness (QED) is 0.800. The average molecular weight is 257 g/mol. The molecule has 6 heteroatoms. The van der Waals surface area contributed by atoms with E-state index in [4.69, 9.17) is 10.00 Å². The second-order valence-electron chi connectivity index (χ2n) is 3.95. The van der Waals surface area contributed by atoms with Crippen molar-refractivity contribution in [3.05, 3.63) is 36.2 Å². The van der Waals surface area contributed by atoms with Gasteiger partial charge in [-0.15, -0.1) is 0 Å². The summed E-state index contributed by atoms with van der Waals surface area (Å²) >= 11 is 0. The Balaban J connectivity index is 2.02. The summed E-state index contributed by atoms with van der Waals surface area (Å²) < 4.78 is 6.82. The predicted molar refractivity (Wildman–Crippen MR) is 71.0 cm³/mol. The number of nitriles is 1. The summed E-state index contributed by atoms with van der Waals surface area (Å²) in [5.41, 5.74) is 0.497. The number of aromatic nitrogens is 3. The Morgan fingerprint density at radius 3 is 3.16 bits per heavy atom. The van der Waals surface area contributed by atoms with E-state index in [1.165, 1.54) is 0 Å². The van der Waals surface area contributed by atoms with Crippen molar-refractivity contribution in [1.29, 1.82) is 5.26 Å². The van der Waals surface area contributed by atoms with Gasteiger partial charge in [0.15, 0.2) is 5.82 Å². The normalized spacial score (nSPS) is 10.1. The van der Waals surface area contributed by atoms with Gasteiger partial charge in [-0.1, -0.05) is 0 Å². The summed E-state index contributed by atoms with van der Waals surface area (Å²) in [4.78, 5) is 4.13. The molecule has 2 aromatic rings. The van der Waals surface area contributed by atoms with Crippen LogP contribution in [0.25, 0.3) is 0 Å². The summed E-state index contributed by atoms with van der Waals surface area (Å²) in [5.74, 6) is 1.19. The molecule has 0 aliphatic heterocycles. The van der Waals surface area contributed by atoms with Crippen LogP contribution in [-0.2, 0) is 11.3 Å². The molecule has 19 heavy (non-hydrogen) atoms. The summed E-state index contributed by atoms with van der Waals surface area (Å²) in [5, 5.41) is 16.4. The molecule has 0 amide bonds. The Morgan fingerprint density at radius 1 is 1.47 bits per heavy atom. The molecule has 0 bridgehead atoms. The van der Waals surface area contributed by atoms with Gasteiger partial charge >= 0.3 is 0 Å². The zero-order valence-corrected chi connectivity index (χ0v) is 10.7. The highest BCUT2D eigenvalue weighted by molar-refractivity contribution is 5.59. The monoisotopic (exact) mass is 257 g/mol. The highest BCUT2D eigenvalue weighted by atomic mass is 16.5. The molecule has 0 spiro atoms. The Hall–Kier alpha value is -2.39. The van der Waals surface area contributed by atoms with E-state index in [-0.39, 0.29) is 0 Å². The molecule has 0 aromatic carbocycles. The molecule has 1 N–H and O–H groups in total. The van der Waals surface area contributed by atoms with E-state index in [9.17, 15) is 0 Å². The topological polar surface area (TPSA) is 75.8 Å². The van der Waals surface area contributed by atoms with Crippen molar-refractivity contribution in [1.82, 2.24) is 14.8 Å². The van der Waals surface area contributed by atoms with Gasteiger partial charge in [-0.2, -0.15) is 10.4 Å². The summed E-state index contributed by atoms with van der Waals surface area (Å²) in [6.45, 7) is 1.50. The predicted octanol–water partition coefficient (Wildman–Crippen LogP) is 1.93. The third-order valence-electron chi connectivity index (χ3n) is 2.55. The van der Waals surface area contributed by atoms with Gasteiger partial charge in [-0.3, -0.25) is 4.68 Å². The van der Waals surface area contributed by atoms with E-state index < -0.39 is 0 Å². The number of ether oxygens (including phenoxy) is 1. The molecule has 98 valence electrons. The first kappa shape index (κ1) is 13.1. The SMILES string of the molecule is COCCCn1ccc(Nc2ncccc2C#N)n1. The van der Waals surface area contributed by atoms with E-state index in [2.05, 4.69) is 21.5 Å². The smallest absolute Gasteiger partial charge is 0.153 e. The molecule has 2 heterocycles. The van der Waals surface area contributed by atoms with Crippen LogP contribution in [0.1, 0.15) is 12.0 Å². The summed E-state index contributed by atoms with van der Waals surface area (Å²) in [7, 11) is 1.68. The maximum absolute atomic E-state index is 8.98. The maximum Gasteiger partial charge on any atom is 0.153 e. The van der Waals surface area contributed by atoms with Gasteiger partial charge in [-0.25, -0.2) is 4.98 Å². The van der Waals surface area contributed by atoms with Crippen LogP contribution in [0, 0.1) is 11.3 Å². The molecule has 2 rings (SSSR count). The van der Waals surface area contributed by atoms with Crippen molar-refractivity contribution >= 4 is 11.6 Å². The molecule has 0 aliphatic carbocycles. The van der Waals surface area contributed by atoms with Crippen LogP contribution in [-0.4, -0.2) is 28.5 Å². The minimum atomic E-state index is 0.497. The van der Waals surface area contributed by atoms with Crippen LogP contribution in [0.2, 0.25) is 0 Å². The molecular weight excluding hydrogens is 242 g/mol. The van der Waals surface area contributed by atoms with E-state index in [1.54, 1.807) is 25.4 Å². The van der Waals surface area contributed by atoms with Gasteiger partial charge in [0.05, 0.1) is 5.56 Å². The Bertz CT molecular complexity index is 572. The number of rotatable bonds is 6. The number of methoxy groups -OCH3 is 1. The number of nitrogens with one attached hydrogen (secondary N) is 1. The standard InChI is InChI=1S/C13H15N5O/c1-19-9-3-7-18-8-5-12(17-18)16-13-11(10-14)4-2-6-15-13/h2,4-6,8H,3,7,9H2,1H3,(H,15,16,17). The van der Waals surface area contributed by atoms with Crippen LogP contribution in [0.5, 0.6) is 0 Å². The number of nitrogens with zero attached hydrogens (tertiary/aromatic N) is 4. The maximum atomic E-state index is 8.98. The fourth-order valence-corrected chi connectivity index (χ4v) is 1.64. The molecular formula is C13H15N5O. The number of hydrogen-bond donors (Lipinski definition) is 1. The Labute approximate surface area is 111 Å². The third kappa shape index (κ3) is 3.53. The van der Waals surface area contributed by atoms with Crippen LogP contribution in [0.15, 0.2) is 30.6 Å². The first-order valence-corrected chi connectivity index (χ1v) is 5.98. The number of aryl methyl sites for hydroxylation is 1. The van der Waals surface area contributed by atoms with Crippen molar-refractivity contribution in [2.45, 2.75) is 13.0 Å². The molecule has 0 radical (unpaired) electrons. The van der Waals surface area contributed by atoms with Crippen molar-refractivity contribution in [3.63, 3.8) is 0 Å². The van der Waals surface area contributed by atoms with Gasteiger partial charge in [0.1, 0.15) is 11.9 Å². The second kappa shape index (κ2) is 6.52. The molecule has 0 fully saturated rings. The van der Waals surface area contributed by atoms with Gasteiger partial charge in [0.25, 0.3) is 0 Å². The van der Waals surface area contributed by atoms with Crippen molar-refractivity contribution in [2.75, 3.05) is 19.0 Å². The lowest BCUT2D eigenvalue weighted by Gasteiger charge is -2.03. The van der Waals surface area contributed by atoms with Crippen molar-refractivity contribution in [2.24, 2.45) is 0 Å². The zero-order valence-electron chi connectivity index (χ0n) is 10.7. The Kier molecular flexibility index (Phi) is 4.48. The lowest BCUT2D eigenvalue weighted by molar-refractivity contribution is 0.189. The first-order chi connectivity index (χ1) is 9.33. The number of hydrogen-bond acceptors (Lipinski definition) is 5. The van der Waals surface area contributed by atoms with Gasteiger partial charge in [-0.05, 0) is 18.6 Å². The largest absolute Gasteiger partial charge is 0.385 e. The van der Waals surface area contributed by atoms with Crippen molar-refractivity contribution < 1.29 is 4.74 Å². The van der Waals surface area contributed by atoms with Crippen LogP contribution in [0.3, 0.4) is 0 Å². The number of anilines is 2. The van der Waals surface area contributed by atoms with E-state index in [0.29, 0.717) is 23.8 Å². The lowest BCUT2D eigenvalue weighted by atomic mass is 10.3. The zero-order chi connectivity index (χ0) is 13.5. The second-order valence-corrected chi connectivity index (χ2v) is 3.95. The molecule has 2 aromatic heterocycles. The number of pyridine rings is 1. The highest BCUT2D eigenvalue weighted by Gasteiger charge is 2.04. The van der Waals surface area contributed by atoms with Gasteiger partial charge < -0.3 is 10.1 Å². The average Bonchev–Trinajstić information content (AvgIpc) is 2.87. The van der Waals surface area contributed by atoms with E-state index in [0.717, 1.165) is 13.0 Å². The highest BCUT2D eigenvalue weighted by Crippen LogP contribution is 2.15. The van der Waals surface area contributed by atoms with Gasteiger partial charge in [0.2, 0.25) is 0 Å². The fourth-order valence-electron chi connectivity index (χ4n) is 1.64. The Morgan fingerprint density at radius 2 is 2.37 bits per heavy atom. The minimum Gasteiger partial charge on any atom is -0.385 e. The first-order valence-electron chi connectivity index (χ1n) is 5.98. The van der Waals surface area contributed by atoms with Crippen LogP contribution in [0.4, 0.5) is 11.6 Å². The molecule has 0 atom stereocenters. The molecule has 0 unspecified atom stereocenters. The fraction of sp³-hybridized carbons (Fsp3) is 0.308. The van der Waals surface area contributed by atoms with E-state index >= 15 is 0 Å².